The third kappa shape index (κ3) is 2.99. The van der Waals surface area contributed by atoms with Crippen molar-refractivity contribution in [3.63, 3.8) is 0 Å². The Hall–Kier alpha value is -1.16. The van der Waals surface area contributed by atoms with Gasteiger partial charge in [0.15, 0.2) is 12.1 Å². The van der Waals surface area contributed by atoms with Crippen molar-refractivity contribution < 1.29 is 9.53 Å². The number of rotatable bonds is 6. The summed E-state index contributed by atoms with van der Waals surface area (Å²) < 4.78 is 7.07. The van der Waals surface area contributed by atoms with Crippen LogP contribution in [0.3, 0.4) is 0 Å². The van der Waals surface area contributed by atoms with Crippen molar-refractivity contribution >= 4 is 6.29 Å². The minimum absolute atomic E-state index is 0.458. The molecule has 1 rings (SSSR count). The van der Waals surface area contributed by atoms with E-state index in [1.807, 2.05) is 0 Å². The van der Waals surface area contributed by atoms with Gasteiger partial charge in [-0.1, -0.05) is 6.92 Å². The lowest BCUT2D eigenvalue weighted by atomic mass is 10.5. The Morgan fingerprint density at radius 1 is 1.62 bits per heavy atom. The second-order valence-corrected chi connectivity index (χ2v) is 2.71. The van der Waals surface area contributed by atoms with E-state index in [1.165, 1.54) is 0 Å². The molecule has 0 aliphatic rings. The number of imidazole rings is 1. The molecule has 0 bridgehead atoms. The van der Waals surface area contributed by atoms with Crippen LogP contribution in [-0.4, -0.2) is 29.1 Å². The average molecular weight is 182 g/mol. The van der Waals surface area contributed by atoms with Crippen LogP contribution in [0, 0.1) is 0 Å². The summed E-state index contributed by atoms with van der Waals surface area (Å²) >= 11 is 0. The highest BCUT2D eigenvalue weighted by Gasteiger charge is 1.99. The molecule has 1 aromatic heterocycles. The maximum absolute atomic E-state index is 10.5. The first-order valence-electron chi connectivity index (χ1n) is 4.42. The zero-order valence-corrected chi connectivity index (χ0v) is 7.77. The van der Waals surface area contributed by atoms with Gasteiger partial charge < -0.3 is 9.30 Å². The largest absolute Gasteiger partial charge is 0.380 e. The summed E-state index contributed by atoms with van der Waals surface area (Å²) in [5.41, 5.74) is 0. The van der Waals surface area contributed by atoms with Gasteiger partial charge in [-0.2, -0.15) is 0 Å². The van der Waals surface area contributed by atoms with E-state index in [9.17, 15) is 4.79 Å². The molecule has 0 aliphatic carbocycles. The zero-order valence-electron chi connectivity index (χ0n) is 7.77. The number of carbonyl (C=O) groups excluding carboxylic acids is 1. The lowest BCUT2D eigenvalue weighted by Gasteiger charge is -2.04. The molecule has 1 aromatic rings. The molecule has 0 aromatic carbocycles. The molecule has 72 valence electrons. The van der Waals surface area contributed by atoms with Gasteiger partial charge >= 0.3 is 0 Å². The Morgan fingerprint density at radius 2 is 2.46 bits per heavy atom. The van der Waals surface area contributed by atoms with Gasteiger partial charge in [-0.05, 0) is 6.42 Å². The van der Waals surface area contributed by atoms with Crippen molar-refractivity contribution in [2.24, 2.45) is 0 Å². The molecular weight excluding hydrogens is 168 g/mol. The van der Waals surface area contributed by atoms with Gasteiger partial charge in [0.25, 0.3) is 0 Å². The highest BCUT2D eigenvalue weighted by atomic mass is 16.5. The van der Waals surface area contributed by atoms with Gasteiger partial charge in [-0.3, -0.25) is 4.79 Å². The minimum Gasteiger partial charge on any atom is -0.380 e. The first-order chi connectivity index (χ1) is 6.38. The maximum atomic E-state index is 10.5. The second-order valence-electron chi connectivity index (χ2n) is 2.71. The predicted octanol–water partition coefficient (Wildman–Crippen LogP) is 1.12. The monoisotopic (exact) mass is 182 g/mol. The van der Waals surface area contributed by atoms with E-state index in [0.29, 0.717) is 19.0 Å². The molecule has 0 amide bonds. The quantitative estimate of drug-likeness (QED) is 0.489. The van der Waals surface area contributed by atoms with E-state index in [2.05, 4.69) is 11.9 Å². The smallest absolute Gasteiger partial charge is 0.185 e. The minimum atomic E-state index is 0.458. The molecule has 0 atom stereocenters. The highest BCUT2D eigenvalue weighted by molar-refractivity contribution is 5.69. The van der Waals surface area contributed by atoms with Crippen LogP contribution in [0.25, 0.3) is 0 Å². The summed E-state index contributed by atoms with van der Waals surface area (Å²) in [7, 11) is 0. The highest BCUT2D eigenvalue weighted by Crippen LogP contribution is 1.94. The van der Waals surface area contributed by atoms with E-state index < -0.39 is 0 Å². The first kappa shape index (κ1) is 9.92. The van der Waals surface area contributed by atoms with Crippen LogP contribution in [0.2, 0.25) is 0 Å². The average Bonchev–Trinajstić information content (AvgIpc) is 2.60. The van der Waals surface area contributed by atoms with E-state index in [-0.39, 0.29) is 0 Å². The van der Waals surface area contributed by atoms with E-state index in [0.717, 1.165) is 19.3 Å². The normalized spacial score (nSPS) is 10.2. The Labute approximate surface area is 77.5 Å². The van der Waals surface area contributed by atoms with Crippen molar-refractivity contribution in [1.29, 1.82) is 0 Å². The van der Waals surface area contributed by atoms with Gasteiger partial charge in [-0.25, -0.2) is 4.98 Å². The molecule has 0 spiro atoms. The molecule has 0 saturated carbocycles. The molecule has 0 aliphatic heterocycles. The predicted molar refractivity (Wildman–Crippen MR) is 48.7 cm³/mol. The van der Waals surface area contributed by atoms with Gasteiger partial charge in [-0.15, -0.1) is 0 Å². The van der Waals surface area contributed by atoms with Crippen molar-refractivity contribution in [2.45, 2.75) is 19.9 Å². The number of hydrogen-bond acceptors (Lipinski definition) is 3. The molecule has 4 heteroatoms. The fourth-order valence-corrected chi connectivity index (χ4v) is 1.04. The number of hydrogen-bond donors (Lipinski definition) is 0. The van der Waals surface area contributed by atoms with Crippen molar-refractivity contribution in [3.05, 3.63) is 18.2 Å². The van der Waals surface area contributed by atoms with Crippen molar-refractivity contribution in [2.75, 3.05) is 13.2 Å². The molecule has 0 saturated heterocycles. The Balaban J connectivity index is 2.31. The number of aldehydes is 1. The molecule has 0 N–H and O–H groups in total. The van der Waals surface area contributed by atoms with Gasteiger partial charge in [0.1, 0.15) is 0 Å². The lowest BCUT2D eigenvalue weighted by Crippen LogP contribution is -2.08. The molecule has 0 fully saturated rings. The number of carbonyl (C=O) groups is 1. The number of ether oxygens (including phenoxy) is 1. The summed E-state index contributed by atoms with van der Waals surface area (Å²) in [6.07, 6.45) is 5.16. The zero-order chi connectivity index (χ0) is 9.52. The fraction of sp³-hybridized carbons (Fsp3) is 0.556. The summed E-state index contributed by atoms with van der Waals surface area (Å²) in [4.78, 5) is 14.3. The second kappa shape index (κ2) is 5.48. The third-order valence-electron chi connectivity index (χ3n) is 1.68. The van der Waals surface area contributed by atoms with Crippen molar-refractivity contribution in [1.82, 2.24) is 9.55 Å². The Bertz CT molecular complexity index is 258. The van der Waals surface area contributed by atoms with Crippen LogP contribution in [0.1, 0.15) is 24.0 Å². The standard InChI is InChI=1S/C9H14N2O2/c1-2-6-13-7-5-11-4-3-10-9(11)8-12/h3-4,8H,2,5-7H2,1H3. The van der Waals surface area contributed by atoms with Crippen LogP contribution in [0.15, 0.2) is 12.4 Å². The Morgan fingerprint density at radius 3 is 3.15 bits per heavy atom. The summed E-state index contributed by atoms with van der Waals surface area (Å²) in [5.74, 6) is 0.458. The summed E-state index contributed by atoms with van der Waals surface area (Å²) in [6.45, 7) is 4.15. The van der Waals surface area contributed by atoms with Gasteiger partial charge in [0.05, 0.1) is 6.61 Å². The molecule has 0 unspecified atom stereocenters. The van der Waals surface area contributed by atoms with E-state index in [1.54, 1.807) is 17.0 Å². The van der Waals surface area contributed by atoms with Gasteiger partial charge in [0.2, 0.25) is 0 Å². The fourth-order valence-electron chi connectivity index (χ4n) is 1.04. The van der Waals surface area contributed by atoms with E-state index in [4.69, 9.17) is 4.74 Å². The van der Waals surface area contributed by atoms with Crippen molar-refractivity contribution in [3.8, 4) is 0 Å². The van der Waals surface area contributed by atoms with Crippen LogP contribution in [0.5, 0.6) is 0 Å². The van der Waals surface area contributed by atoms with Crippen LogP contribution in [0.4, 0.5) is 0 Å². The molecule has 0 radical (unpaired) electrons. The topological polar surface area (TPSA) is 44.1 Å². The van der Waals surface area contributed by atoms with E-state index >= 15 is 0 Å². The third-order valence-corrected chi connectivity index (χ3v) is 1.68. The Kier molecular flexibility index (Phi) is 4.18. The SMILES string of the molecule is CCCOCCn1ccnc1C=O. The lowest BCUT2D eigenvalue weighted by molar-refractivity contribution is 0.109. The molecule has 13 heavy (non-hydrogen) atoms. The summed E-state index contributed by atoms with van der Waals surface area (Å²) in [5, 5.41) is 0. The van der Waals surface area contributed by atoms with Crippen LogP contribution < -0.4 is 0 Å². The maximum Gasteiger partial charge on any atom is 0.185 e. The van der Waals surface area contributed by atoms with Crippen LogP contribution in [-0.2, 0) is 11.3 Å². The first-order valence-corrected chi connectivity index (χ1v) is 4.42. The molecule has 4 nitrogen and oxygen atoms in total. The van der Waals surface area contributed by atoms with Crippen LogP contribution >= 0.6 is 0 Å². The summed E-state index contributed by atoms with van der Waals surface area (Å²) in [6, 6.07) is 0. The molecular formula is C9H14N2O2. The van der Waals surface area contributed by atoms with Gasteiger partial charge in [0, 0.05) is 25.5 Å². The number of aromatic nitrogens is 2. The molecule has 1 heterocycles. The number of nitrogens with zero attached hydrogens (tertiary/aromatic N) is 2.